The van der Waals surface area contributed by atoms with Crippen LogP contribution in [0.1, 0.15) is 17.8 Å². The summed E-state index contributed by atoms with van der Waals surface area (Å²) in [4.78, 5) is 4.35. The molecule has 0 aliphatic carbocycles. The van der Waals surface area contributed by atoms with Crippen LogP contribution in [0.5, 0.6) is 0 Å². The molecule has 0 spiro atoms. The summed E-state index contributed by atoms with van der Waals surface area (Å²) >= 11 is 0. The van der Waals surface area contributed by atoms with Gasteiger partial charge in [-0.1, -0.05) is 0 Å². The molecule has 17 heavy (non-hydrogen) atoms. The second-order valence-electron chi connectivity index (χ2n) is 5.00. The zero-order valence-corrected chi connectivity index (χ0v) is 11.0. The fourth-order valence-corrected chi connectivity index (χ4v) is 2.09. The molecule has 0 fully saturated rings. The molecule has 1 aromatic rings. The third-order valence-corrected chi connectivity index (χ3v) is 2.86. The van der Waals surface area contributed by atoms with Crippen LogP contribution in [0.3, 0.4) is 0 Å². The SMILES string of the molecule is CN(C)COCc1cc2n(n1)CCCN(C)C2. The molecule has 0 aromatic carbocycles. The molecule has 2 rings (SSSR count). The van der Waals surface area contributed by atoms with Gasteiger partial charge in [-0.05, 0) is 33.6 Å². The highest BCUT2D eigenvalue weighted by molar-refractivity contribution is 5.10. The van der Waals surface area contributed by atoms with Crippen LogP contribution < -0.4 is 0 Å². The Morgan fingerprint density at radius 1 is 1.41 bits per heavy atom. The van der Waals surface area contributed by atoms with Gasteiger partial charge in [-0.15, -0.1) is 0 Å². The Balaban J connectivity index is 1.94. The minimum Gasteiger partial charge on any atom is -0.360 e. The fraction of sp³-hybridized carbons (Fsp3) is 0.750. The van der Waals surface area contributed by atoms with Crippen LogP contribution in [0, 0.1) is 0 Å². The van der Waals surface area contributed by atoms with E-state index in [4.69, 9.17) is 4.74 Å². The van der Waals surface area contributed by atoms with Gasteiger partial charge >= 0.3 is 0 Å². The molecule has 0 radical (unpaired) electrons. The number of rotatable bonds is 4. The van der Waals surface area contributed by atoms with Crippen LogP contribution in [0.25, 0.3) is 0 Å². The number of aryl methyl sites for hydroxylation is 1. The van der Waals surface area contributed by atoms with E-state index >= 15 is 0 Å². The van der Waals surface area contributed by atoms with E-state index in [2.05, 4.69) is 27.8 Å². The van der Waals surface area contributed by atoms with E-state index in [9.17, 15) is 0 Å². The van der Waals surface area contributed by atoms with Crippen molar-refractivity contribution in [3.8, 4) is 0 Å². The Bertz CT molecular complexity index is 361. The Morgan fingerprint density at radius 3 is 3.00 bits per heavy atom. The van der Waals surface area contributed by atoms with Crippen molar-refractivity contribution in [2.24, 2.45) is 0 Å². The smallest absolute Gasteiger partial charge is 0.0990 e. The quantitative estimate of drug-likeness (QED) is 0.725. The van der Waals surface area contributed by atoms with Crippen molar-refractivity contribution in [3.63, 3.8) is 0 Å². The van der Waals surface area contributed by atoms with Gasteiger partial charge in [-0.3, -0.25) is 9.58 Å². The minimum absolute atomic E-state index is 0.599. The molecule has 0 saturated carbocycles. The Morgan fingerprint density at radius 2 is 2.24 bits per heavy atom. The second-order valence-corrected chi connectivity index (χ2v) is 5.00. The van der Waals surface area contributed by atoms with Crippen molar-refractivity contribution in [1.29, 1.82) is 0 Å². The van der Waals surface area contributed by atoms with Crippen LogP contribution in [-0.4, -0.2) is 54.0 Å². The van der Waals surface area contributed by atoms with E-state index < -0.39 is 0 Å². The van der Waals surface area contributed by atoms with Gasteiger partial charge < -0.3 is 9.64 Å². The van der Waals surface area contributed by atoms with Gasteiger partial charge in [0, 0.05) is 19.6 Å². The summed E-state index contributed by atoms with van der Waals surface area (Å²) in [7, 11) is 6.15. The lowest BCUT2D eigenvalue weighted by Gasteiger charge is -2.11. The molecule has 1 aliphatic rings. The highest BCUT2D eigenvalue weighted by Gasteiger charge is 2.13. The van der Waals surface area contributed by atoms with Crippen LogP contribution in [0.2, 0.25) is 0 Å². The van der Waals surface area contributed by atoms with Crippen LogP contribution >= 0.6 is 0 Å². The van der Waals surface area contributed by atoms with Crippen molar-refractivity contribution >= 4 is 0 Å². The lowest BCUT2D eigenvalue weighted by atomic mass is 10.3. The summed E-state index contributed by atoms with van der Waals surface area (Å²) < 4.78 is 7.68. The van der Waals surface area contributed by atoms with E-state index in [1.54, 1.807) is 0 Å². The van der Waals surface area contributed by atoms with E-state index in [1.165, 1.54) is 12.1 Å². The molecular weight excluding hydrogens is 216 g/mol. The normalized spacial score (nSPS) is 17.2. The van der Waals surface area contributed by atoms with Gasteiger partial charge in [0.1, 0.15) is 0 Å². The number of nitrogens with zero attached hydrogens (tertiary/aromatic N) is 4. The standard InChI is InChI=1S/C12H22N4O/c1-14(2)10-17-9-11-7-12-8-15(3)5-4-6-16(12)13-11/h7H,4-6,8-10H2,1-3H3. The molecule has 0 N–H and O–H groups in total. The zero-order chi connectivity index (χ0) is 12.3. The third-order valence-electron chi connectivity index (χ3n) is 2.86. The van der Waals surface area contributed by atoms with Crippen molar-refractivity contribution in [2.45, 2.75) is 26.1 Å². The summed E-state index contributed by atoms with van der Waals surface area (Å²) in [6.45, 7) is 4.40. The van der Waals surface area contributed by atoms with E-state index in [0.717, 1.165) is 25.3 Å². The average Bonchev–Trinajstić information content (AvgIpc) is 2.52. The zero-order valence-electron chi connectivity index (χ0n) is 11.0. The summed E-state index contributed by atoms with van der Waals surface area (Å²) in [5.41, 5.74) is 2.34. The van der Waals surface area contributed by atoms with Crippen LogP contribution in [0.15, 0.2) is 6.07 Å². The minimum atomic E-state index is 0.599. The monoisotopic (exact) mass is 238 g/mol. The molecule has 0 unspecified atom stereocenters. The lowest BCUT2D eigenvalue weighted by Crippen LogP contribution is -2.17. The molecular formula is C12H22N4O. The maximum absolute atomic E-state index is 5.55. The van der Waals surface area contributed by atoms with E-state index in [0.29, 0.717) is 13.3 Å². The molecule has 0 amide bonds. The average molecular weight is 238 g/mol. The molecule has 96 valence electrons. The van der Waals surface area contributed by atoms with E-state index in [1.807, 2.05) is 19.0 Å². The molecule has 0 atom stereocenters. The molecule has 5 heteroatoms. The molecule has 1 aromatic heterocycles. The number of aromatic nitrogens is 2. The van der Waals surface area contributed by atoms with Gasteiger partial charge in [-0.25, -0.2) is 0 Å². The molecule has 0 saturated heterocycles. The summed E-state index contributed by atoms with van der Waals surface area (Å²) in [5, 5.41) is 4.59. The van der Waals surface area contributed by atoms with Gasteiger partial charge in [-0.2, -0.15) is 5.10 Å². The number of ether oxygens (including phenoxy) is 1. The first-order valence-corrected chi connectivity index (χ1v) is 6.12. The highest BCUT2D eigenvalue weighted by atomic mass is 16.5. The van der Waals surface area contributed by atoms with Crippen LogP contribution in [0.4, 0.5) is 0 Å². The fourth-order valence-electron chi connectivity index (χ4n) is 2.09. The summed E-state index contributed by atoms with van der Waals surface area (Å²) in [6.07, 6.45) is 1.17. The predicted molar refractivity (Wildman–Crippen MR) is 66.5 cm³/mol. The third kappa shape index (κ3) is 3.52. The maximum atomic E-state index is 5.55. The molecule has 1 aliphatic heterocycles. The number of hydrogen-bond donors (Lipinski definition) is 0. The van der Waals surface area contributed by atoms with E-state index in [-0.39, 0.29) is 0 Å². The topological polar surface area (TPSA) is 33.5 Å². The Kier molecular flexibility index (Phi) is 4.15. The predicted octanol–water partition coefficient (Wildman–Crippen LogP) is 0.754. The van der Waals surface area contributed by atoms with Crippen molar-refractivity contribution in [1.82, 2.24) is 19.6 Å². The molecule has 0 bridgehead atoms. The summed E-state index contributed by atoms with van der Waals surface area (Å²) in [6, 6.07) is 2.16. The lowest BCUT2D eigenvalue weighted by molar-refractivity contribution is 0.0431. The van der Waals surface area contributed by atoms with Gasteiger partial charge in [0.2, 0.25) is 0 Å². The molecule has 5 nitrogen and oxygen atoms in total. The Hall–Kier alpha value is -0.910. The second kappa shape index (κ2) is 5.62. The summed E-state index contributed by atoms with van der Waals surface area (Å²) in [5.74, 6) is 0. The van der Waals surface area contributed by atoms with Gasteiger partial charge in [0.25, 0.3) is 0 Å². The largest absolute Gasteiger partial charge is 0.360 e. The number of fused-ring (bicyclic) bond motifs is 1. The van der Waals surface area contributed by atoms with Gasteiger partial charge in [0.15, 0.2) is 0 Å². The first-order valence-electron chi connectivity index (χ1n) is 6.12. The first-order chi connectivity index (χ1) is 8.15. The Labute approximate surface area is 103 Å². The highest BCUT2D eigenvalue weighted by Crippen LogP contribution is 2.13. The van der Waals surface area contributed by atoms with Crippen LogP contribution in [-0.2, 0) is 24.4 Å². The molecule has 2 heterocycles. The van der Waals surface area contributed by atoms with Crippen molar-refractivity contribution in [2.75, 3.05) is 34.4 Å². The number of hydrogen-bond acceptors (Lipinski definition) is 4. The van der Waals surface area contributed by atoms with Crippen molar-refractivity contribution < 1.29 is 4.74 Å². The van der Waals surface area contributed by atoms with Gasteiger partial charge in [0.05, 0.1) is 24.7 Å². The first kappa shape index (κ1) is 12.5. The maximum Gasteiger partial charge on any atom is 0.0990 e. The van der Waals surface area contributed by atoms with Crippen molar-refractivity contribution in [3.05, 3.63) is 17.5 Å².